The molecule has 0 spiro atoms. The summed E-state index contributed by atoms with van der Waals surface area (Å²) in [6.07, 6.45) is 3.96. The Morgan fingerprint density at radius 2 is 1.94 bits per heavy atom. The molecule has 1 N–H and O–H groups in total. The third-order valence-corrected chi connectivity index (χ3v) is 7.91. The largest absolute Gasteiger partial charge is 0.489 e. The predicted molar refractivity (Wildman–Crippen MR) is 132 cm³/mol. The van der Waals surface area contributed by atoms with E-state index in [0.717, 1.165) is 72.6 Å². The van der Waals surface area contributed by atoms with Gasteiger partial charge in [-0.25, -0.2) is 9.37 Å². The lowest BCUT2D eigenvalue weighted by atomic mass is 9.94. The molecule has 2 heterocycles. The Morgan fingerprint density at radius 3 is 2.74 bits per heavy atom. The fourth-order valence-electron chi connectivity index (χ4n) is 5.61. The number of aromatic nitrogens is 1. The number of aliphatic hydroxyl groups is 1. The minimum Gasteiger partial charge on any atom is -0.489 e. The highest BCUT2D eigenvalue weighted by Crippen LogP contribution is 2.56. The molecule has 4 nitrogen and oxygen atoms in total. The number of aryl methyl sites for hydroxylation is 1. The zero-order valence-corrected chi connectivity index (χ0v) is 19.9. The van der Waals surface area contributed by atoms with Crippen molar-refractivity contribution >= 4 is 5.82 Å². The van der Waals surface area contributed by atoms with Crippen LogP contribution in [0.4, 0.5) is 10.2 Å². The van der Waals surface area contributed by atoms with E-state index in [-0.39, 0.29) is 12.4 Å². The van der Waals surface area contributed by atoms with Crippen molar-refractivity contribution in [1.82, 2.24) is 4.98 Å². The second-order valence-corrected chi connectivity index (χ2v) is 10.5. The molecule has 1 saturated heterocycles. The second-order valence-electron chi connectivity index (χ2n) is 10.5. The fraction of sp³-hybridized carbons (Fsp3) is 0.414. The Morgan fingerprint density at radius 1 is 1.12 bits per heavy atom. The van der Waals surface area contributed by atoms with E-state index in [1.807, 2.05) is 38.1 Å². The SMILES string of the molecule is Cc1nc(N2CCC(C)(O)CC2)ccc1-c1ccc(F)c(COc2ccc3c(c2)C[C@H]2C[C@@H]32)c1. The monoisotopic (exact) mass is 458 g/mol. The van der Waals surface area contributed by atoms with Gasteiger partial charge in [0.15, 0.2) is 0 Å². The summed E-state index contributed by atoms with van der Waals surface area (Å²) < 4.78 is 20.6. The van der Waals surface area contributed by atoms with E-state index in [1.165, 1.54) is 23.6 Å². The zero-order valence-electron chi connectivity index (χ0n) is 19.9. The van der Waals surface area contributed by atoms with Gasteiger partial charge in [-0.2, -0.15) is 0 Å². The van der Waals surface area contributed by atoms with Gasteiger partial charge >= 0.3 is 0 Å². The summed E-state index contributed by atoms with van der Waals surface area (Å²) in [5, 5.41) is 10.2. The molecule has 0 unspecified atom stereocenters. The normalized spacial score (nSPS) is 22.3. The Kier molecular flexibility index (Phi) is 5.14. The molecule has 3 aliphatic rings. The van der Waals surface area contributed by atoms with E-state index in [4.69, 9.17) is 9.72 Å². The van der Waals surface area contributed by atoms with Crippen LogP contribution in [0.15, 0.2) is 48.5 Å². The van der Waals surface area contributed by atoms with Gasteiger partial charge in [-0.3, -0.25) is 0 Å². The molecule has 34 heavy (non-hydrogen) atoms. The first kappa shape index (κ1) is 21.6. The molecule has 1 aromatic heterocycles. The Labute approximate surface area is 200 Å². The lowest BCUT2D eigenvalue weighted by Crippen LogP contribution is -2.42. The number of anilines is 1. The Hall–Kier alpha value is -2.92. The molecule has 6 rings (SSSR count). The third kappa shape index (κ3) is 4.07. The molecule has 5 heteroatoms. The van der Waals surface area contributed by atoms with Gasteiger partial charge in [0.1, 0.15) is 24.0 Å². The minimum atomic E-state index is -0.585. The van der Waals surface area contributed by atoms with E-state index in [0.29, 0.717) is 5.56 Å². The lowest BCUT2D eigenvalue weighted by molar-refractivity contribution is 0.0350. The number of fused-ring (bicyclic) bond motifs is 3. The van der Waals surface area contributed by atoms with Crippen LogP contribution < -0.4 is 9.64 Å². The minimum absolute atomic E-state index is 0.198. The van der Waals surface area contributed by atoms with Gasteiger partial charge in [-0.05, 0) is 104 Å². The summed E-state index contributed by atoms with van der Waals surface area (Å²) in [5.74, 6) is 3.09. The van der Waals surface area contributed by atoms with Crippen LogP contribution in [-0.2, 0) is 13.0 Å². The van der Waals surface area contributed by atoms with Crippen LogP contribution in [0.25, 0.3) is 11.1 Å². The van der Waals surface area contributed by atoms with Gasteiger partial charge in [0.25, 0.3) is 0 Å². The molecule has 0 radical (unpaired) electrons. The summed E-state index contributed by atoms with van der Waals surface area (Å²) in [6, 6.07) is 15.6. The highest BCUT2D eigenvalue weighted by atomic mass is 19.1. The Bertz CT molecular complexity index is 1240. The molecule has 0 amide bonds. The number of hydrogen-bond donors (Lipinski definition) is 1. The van der Waals surface area contributed by atoms with Crippen molar-refractivity contribution in [1.29, 1.82) is 0 Å². The molecular formula is C29H31FN2O2. The van der Waals surface area contributed by atoms with Gasteiger partial charge in [0.2, 0.25) is 0 Å². The lowest BCUT2D eigenvalue weighted by Gasteiger charge is -2.36. The first-order valence-electron chi connectivity index (χ1n) is 12.4. The highest BCUT2D eigenvalue weighted by molar-refractivity contribution is 5.68. The maximum absolute atomic E-state index is 14.6. The highest BCUT2D eigenvalue weighted by Gasteiger charge is 2.44. The molecule has 2 atom stereocenters. The van der Waals surface area contributed by atoms with Crippen LogP contribution in [0.1, 0.15) is 54.5 Å². The van der Waals surface area contributed by atoms with E-state index < -0.39 is 5.60 Å². The smallest absolute Gasteiger partial charge is 0.129 e. The van der Waals surface area contributed by atoms with Crippen molar-refractivity contribution in [3.8, 4) is 16.9 Å². The van der Waals surface area contributed by atoms with E-state index in [9.17, 15) is 9.50 Å². The quantitative estimate of drug-likeness (QED) is 0.526. The number of nitrogens with zero attached hydrogens (tertiary/aromatic N) is 2. The van der Waals surface area contributed by atoms with Crippen molar-refractivity contribution in [2.45, 2.75) is 57.7 Å². The summed E-state index contributed by atoms with van der Waals surface area (Å²) in [4.78, 5) is 7.05. The first-order chi connectivity index (χ1) is 16.4. The van der Waals surface area contributed by atoms with Crippen LogP contribution in [-0.4, -0.2) is 28.8 Å². The summed E-state index contributed by atoms with van der Waals surface area (Å²) in [7, 11) is 0. The molecule has 0 bridgehead atoms. The number of pyridine rings is 1. The van der Waals surface area contributed by atoms with Gasteiger partial charge in [-0.1, -0.05) is 12.1 Å². The van der Waals surface area contributed by atoms with Gasteiger partial charge in [0, 0.05) is 29.9 Å². The second kappa shape index (κ2) is 8.09. The number of benzene rings is 2. The molecular weight excluding hydrogens is 427 g/mol. The summed E-state index contributed by atoms with van der Waals surface area (Å²) in [5.41, 5.74) is 5.67. The van der Waals surface area contributed by atoms with Crippen molar-refractivity contribution in [3.05, 3.63) is 76.7 Å². The van der Waals surface area contributed by atoms with E-state index in [2.05, 4.69) is 23.1 Å². The van der Waals surface area contributed by atoms with Crippen LogP contribution in [0.2, 0.25) is 0 Å². The Balaban J connectivity index is 1.18. The van der Waals surface area contributed by atoms with Crippen LogP contribution in [0, 0.1) is 18.7 Å². The fourth-order valence-corrected chi connectivity index (χ4v) is 5.61. The molecule has 176 valence electrons. The maximum atomic E-state index is 14.6. The van der Waals surface area contributed by atoms with Gasteiger partial charge < -0.3 is 14.7 Å². The standard InChI is InChI=1S/C29H31FN2O2/c1-18-24(6-8-28(31-18)32-11-9-29(2,33)10-12-32)19-3-7-27(30)22(13-19)17-34-23-4-5-25-20(15-23)14-21-16-26(21)25/h3-8,13,15,21,26,33H,9-12,14,16-17H2,1-2H3/t21-,26+/m0/s1. The number of piperidine rings is 1. The molecule has 2 fully saturated rings. The molecule has 3 aromatic rings. The molecule has 2 aromatic carbocycles. The topological polar surface area (TPSA) is 45.6 Å². The zero-order chi connectivity index (χ0) is 23.4. The molecule has 2 aliphatic carbocycles. The average molecular weight is 459 g/mol. The first-order valence-corrected chi connectivity index (χ1v) is 12.4. The number of rotatable bonds is 5. The van der Waals surface area contributed by atoms with Gasteiger partial charge in [-0.15, -0.1) is 0 Å². The van der Waals surface area contributed by atoms with Gasteiger partial charge in [0.05, 0.1) is 5.60 Å². The third-order valence-electron chi connectivity index (χ3n) is 7.91. The average Bonchev–Trinajstić information content (AvgIpc) is 3.49. The van der Waals surface area contributed by atoms with E-state index in [1.54, 1.807) is 0 Å². The van der Waals surface area contributed by atoms with E-state index >= 15 is 0 Å². The predicted octanol–water partition coefficient (Wildman–Crippen LogP) is 5.79. The van der Waals surface area contributed by atoms with Crippen molar-refractivity contribution in [2.75, 3.05) is 18.0 Å². The molecule has 1 saturated carbocycles. The maximum Gasteiger partial charge on any atom is 0.129 e. The van der Waals surface area contributed by atoms with Crippen molar-refractivity contribution < 1.29 is 14.2 Å². The van der Waals surface area contributed by atoms with Crippen LogP contribution in [0.3, 0.4) is 0 Å². The van der Waals surface area contributed by atoms with Crippen molar-refractivity contribution in [2.24, 2.45) is 5.92 Å². The summed E-state index contributed by atoms with van der Waals surface area (Å²) in [6.45, 7) is 5.67. The number of hydrogen-bond acceptors (Lipinski definition) is 4. The van der Waals surface area contributed by atoms with Crippen molar-refractivity contribution in [3.63, 3.8) is 0 Å². The molecule has 1 aliphatic heterocycles. The summed E-state index contributed by atoms with van der Waals surface area (Å²) >= 11 is 0. The van der Waals surface area contributed by atoms with Crippen LogP contribution in [0.5, 0.6) is 5.75 Å². The van der Waals surface area contributed by atoms with Crippen LogP contribution >= 0.6 is 0 Å². The number of ether oxygens (including phenoxy) is 1. The number of halogens is 1.